The molecule has 3 aromatic rings. The van der Waals surface area contributed by atoms with Crippen LogP contribution in [0.3, 0.4) is 0 Å². The summed E-state index contributed by atoms with van der Waals surface area (Å²) in [5, 5.41) is 15.2. The number of aromatic nitrogens is 2. The van der Waals surface area contributed by atoms with E-state index in [0.717, 1.165) is 22.0 Å². The van der Waals surface area contributed by atoms with Gasteiger partial charge in [0.25, 0.3) is 5.90 Å². The quantitative estimate of drug-likeness (QED) is 0.429. The molecule has 7 heteroatoms. The van der Waals surface area contributed by atoms with Crippen LogP contribution in [0.25, 0.3) is 10.9 Å². The Hall–Kier alpha value is -3.06. The smallest absolute Gasteiger partial charge is 0.264 e. The fraction of sp³-hybridized carbons (Fsp3) is 0.118. The third kappa shape index (κ3) is 3.47. The summed E-state index contributed by atoms with van der Waals surface area (Å²) >= 11 is 0. The van der Waals surface area contributed by atoms with Crippen molar-refractivity contribution < 1.29 is 9.23 Å². The lowest BCUT2D eigenvalue weighted by Gasteiger charge is -2.15. The lowest BCUT2D eigenvalue weighted by Crippen LogP contribution is -2.24. The molecular weight excluding hydrogens is 309 g/mol. The standard InChI is InChI=1S/C17H16FN5O/c1-11(12-4-3-5-15(18)9-12)23-24-17(22-19-2)13-6-7-16-14(8-13)10-20-21-16/h3-11,23H,2H2,1H3,(H,20,21)/b22-17-/t11-/m0/s1. The minimum Gasteiger partial charge on any atom is -0.386 e. The number of nitrogens with zero attached hydrogens (tertiary/aromatic N) is 3. The van der Waals surface area contributed by atoms with E-state index in [1.807, 2.05) is 31.2 Å². The van der Waals surface area contributed by atoms with Crippen LogP contribution in [0.1, 0.15) is 24.1 Å². The molecule has 24 heavy (non-hydrogen) atoms. The Balaban J connectivity index is 1.76. The first-order chi connectivity index (χ1) is 11.7. The molecule has 0 saturated heterocycles. The molecule has 3 rings (SSSR count). The van der Waals surface area contributed by atoms with E-state index >= 15 is 0 Å². The Morgan fingerprint density at radius 1 is 1.33 bits per heavy atom. The van der Waals surface area contributed by atoms with Gasteiger partial charge in [0.05, 0.1) is 17.8 Å². The molecule has 2 aromatic carbocycles. The van der Waals surface area contributed by atoms with Gasteiger partial charge in [-0.25, -0.2) is 4.39 Å². The number of nitrogens with one attached hydrogen (secondary N) is 2. The summed E-state index contributed by atoms with van der Waals surface area (Å²) < 4.78 is 13.3. The van der Waals surface area contributed by atoms with Crippen LogP contribution in [-0.4, -0.2) is 22.8 Å². The summed E-state index contributed by atoms with van der Waals surface area (Å²) in [6, 6.07) is 11.6. The summed E-state index contributed by atoms with van der Waals surface area (Å²) in [4.78, 5) is 5.56. The summed E-state index contributed by atoms with van der Waals surface area (Å²) in [5.74, 6) is -0.0374. The number of hydroxylamine groups is 1. The maximum atomic E-state index is 13.3. The van der Waals surface area contributed by atoms with Crippen LogP contribution < -0.4 is 5.48 Å². The summed E-state index contributed by atoms with van der Waals surface area (Å²) in [6.07, 6.45) is 1.71. The molecule has 1 heterocycles. The zero-order chi connectivity index (χ0) is 16.9. The van der Waals surface area contributed by atoms with E-state index in [-0.39, 0.29) is 17.8 Å². The molecule has 6 nitrogen and oxygen atoms in total. The van der Waals surface area contributed by atoms with Crippen LogP contribution in [0, 0.1) is 5.82 Å². The van der Waals surface area contributed by atoms with Gasteiger partial charge in [-0.1, -0.05) is 12.1 Å². The number of H-pyrrole nitrogens is 1. The third-order valence-corrected chi connectivity index (χ3v) is 3.53. The van der Waals surface area contributed by atoms with Crippen molar-refractivity contribution in [1.29, 1.82) is 0 Å². The van der Waals surface area contributed by atoms with Gasteiger partial charge in [-0.05, 0) is 42.8 Å². The second kappa shape index (κ2) is 7.01. The van der Waals surface area contributed by atoms with Crippen LogP contribution in [0.15, 0.2) is 58.9 Å². The van der Waals surface area contributed by atoms with Gasteiger partial charge >= 0.3 is 0 Å². The van der Waals surface area contributed by atoms with Crippen LogP contribution >= 0.6 is 0 Å². The first kappa shape index (κ1) is 15.8. The molecule has 0 bridgehead atoms. The van der Waals surface area contributed by atoms with Crippen LogP contribution in [0.5, 0.6) is 0 Å². The Kier molecular flexibility index (Phi) is 4.62. The predicted molar refractivity (Wildman–Crippen MR) is 91.2 cm³/mol. The van der Waals surface area contributed by atoms with Gasteiger partial charge in [-0.3, -0.25) is 5.10 Å². The molecule has 0 saturated carbocycles. The topological polar surface area (TPSA) is 74.7 Å². The first-order valence-electron chi connectivity index (χ1n) is 7.32. The second-order valence-electron chi connectivity index (χ2n) is 5.22. The van der Waals surface area contributed by atoms with Crippen molar-refractivity contribution in [3.05, 3.63) is 65.6 Å². The van der Waals surface area contributed by atoms with Crippen LogP contribution in [0.4, 0.5) is 4.39 Å². The van der Waals surface area contributed by atoms with Crippen LogP contribution in [-0.2, 0) is 4.84 Å². The van der Waals surface area contributed by atoms with Gasteiger partial charge < -0.3 is 4.84 Å². The van der Waals surface area contributed by atoms with Crippen LogP contribution in [0.2, 0.25) is 0 Å². The van der Waals surface area contributed by atoms with Gasteiger partial charge in [-0.2, -0.15) is 10.2 Å². The largest absolute Gasteiger partial charge is 0.386 e. The first-order valence-corrected chi connectivity index (χ1v) is 7.32. The fourth-order valence-electron chi connectivity index (χ4n) is 2.27. The molecule has 2 N–H and O–H groups in total. The second-order valence-corrected chi connectivity index (χ2v) is 5.22. The highest BCUT2D eigenvalue weighted by Gasteiger charge is 2.11. The number of fused-ring (bicyclic) bond motifs is 1. The average Bonchev–Trinajstić information content (AvgIpc) is 3.06. The molecular formula is C17H16FN5O. The monoisotopic (exact) mass is 325 g/mol. The van der Waals surface area contributed by atoms with Crippen molar-refractivity contribution in [3.8, 4) is 0 Å². The number of hydrogen-bond acceptors (Lipinski definition) is 5. The number of benzene rings is 2. The van der Waals surface area contributed by atoms with Gasteiger partial charge in [0, 0.05) is 17.7 Å². The van der Waals surface area contributed by atoms with Gasteiger partial charge in [0.15, 0.2) is 0 Å². The number of aromatic amines is 1. The molecule has 0 unspecified atom stereocenters. The average molecular weight is 325 g/mol. The lowest BCUT2D eigenvalue weighted by molar-refractivity contribution is 0.148. The number of rotatable bonds is 5. The van der Waals surface area contributed by atoms with Crippen molar-refractivity contribution in [2.45, 2.75) is 13.0 Å². The van der Waals surface area contributed by atoms with Crippen molar-refractivity contribution in [2.24, 2.45) is 10.2 Å². The highest BCUT2D eigenvalue weighted by molar-refractivity contribution is 5.97. The van der Waals surface area contributed by atoms with Gasteiger partial charge in [0.1, 0.15) is 5.82 Å². The minimum atomic E-state index is -0.298. The highest BCUT2D eigenvalue weighted by atomic mass is 19.1. The van der Waals surface area contributed by atoms with E-state index < -0.39 is 0 Å². The maximum absolute atomic E-state index is 13.3. The molecule has 0 aliphatic rings. The van der Waals surface area contributed by atoms with E-state index in [2.05, 4.69) is 32.6 Å². The van der Waals surface area contributed by atoms with E-state index in [1.54, 1.807) is 12.3 Å². The minimum absolute atomic E-state index is 0.242. The number of halogens is 1. The lowest BCUT2D eigenvalue weighted by atomic mass is 10.1. The fourth-order valence-corrected chi connectivity index (χ4v) is 2.27. The Morgan fingerprint density at radius 2 is 2.21 bits per heavy atom. The molecule has 0 spiro atoms. The molecule has 1 aromatic heterocycles. The van der Waals surface area contributed by atoms with Crippen molar-refractivity contribution in [3.63, 3.8) is 0 Å². The molecule has 0 aliphatic heterocycles. The van der Waals surface area contributed by atoms with E-state index in [1.165, 1.54) is 12.1 Å². The predicted octanol–water partition coefficient (Wildman–Crippen LogP) is 3.35. The van der Waals surface area contributed by atoms with Gasteiger partial charge in [-0.15, -0.1) is 10.6 Å². The Labute approximate surface area is 138 Å². The zero-order valence-electron chi connectivity index (χ0n) is 13.0. The highest BCUT2D eigenvalue weighted by Crippen LogP contribution is 2.16. The van der Waals surface area contributed by atoms with E-state index in [4.69, 9.17) is 4.84 Å². The van der Waals surface area contributed by atoms with Crippen molar-refractivity contribution in [1.82, 2.24) is 15.7 Å². The third-order valence-electron chi connectivity index (χ3n) is 3.53. The van der Waals surface area contributed by atoms with E-state index in [0.29, 0.717) is 0 Å². The SMILES string of the molecule is C=N/N=C(\ON[C@@H](C)c1cccc(F)c1)c1ccc2[nH]ncc2c1. The number of hydrogen-bond donors (Lipinski definition) is 2. The Morgan fingerprint density at radius 3 is 3.00 bits per heavy atom. The molecule has 0 radical (unpaired) electrons. The van der Waals surface area contributed by atoms with Crippen molar-refractivity contribution in [2.75, 3.05) is 0 Å². The normalized spacial score (nSPS) is 13.0. The molecule has 0 aliphatic carbocycles. The molecule has 0 amide bonds. The molecule has 0 fully saturated rings. The summed E-state index contributed by atoms with van der Waals surface area (Å²) in [7, 11) is 0. The Bertz CT molecular complexity index is 889. The van der Waals surface area contributed by atoms with Crippen molar-refractivity contribution >= 4 is 23.5 Å². The maximum Gasteiger partial charge on any atom is 0.264 e. The zero-order valence-corrected chi connectivity index (χ0v) is 13.0. The summed E-state index contributed by atoms with van der Waals surface area (Å²) in [6.45, 7) is 5.22. The van der Waals surface area contributed by atoms with E-state index in [9.17, 15) is 4.39 Å². The van der Waals surface area contributed by atoms with Gasteiger partial charge in [0.2, 0.25) is 0 Å². The molecule has 1 atom stereocenters. The summed E-state index contributed by atoms with van der Waals surface area (Å²) in [5.41, 5.74) is 5.22. The molecule has 122 valence electrons.